The lowest BCUT2D eigenvalue weighted by atomic mass is 9.88. The minimum atomic E-state index is 0.104. The molecule has 1 unspecified atom stereocenters. The van der Waals surface area contributed by atoms with E-state index in [-0.39, 0.29) is 11.5 Å². The molecule has 1 aromatic heterocycles. The number of pyridine rings is 1. The second kappa shape index (κ2) is 6.31. The zero-order chi connectivity index (χ0) is 15.5. The van der Waals surface area contributed by atoms with Crippen molar-refractivity contribution in [1.29, 1.82) is 0 Å². The molecule has 4 heteroatoms. The summed E-state index contributed by atoms with van der Waals surface area (Å²) in [5, 5.41) is 5.56. The molecule has 1 aromatic carbocycles. The normalized spacial score (nSPS) is 13.2. The van der Waals surface area contributed by atoms with Crippen molar-refractivity contribution in [2.75, 3.05) is 19.0 Å². The van der Waals surface area contributed by atoms with E-state index in [1.165, 1.54) is 0 Å². The van der Waals surface area contributed by atoms with Crippen LogP contribution in [0.25, 0.3) is 10.8 Å². The van der Waals surface area contributed by atoms with Gasteiger partial charge in [-0.15, -0.1) is 0 Å². The molecule has 0 fully saturated rings. The summed E-state index contributed by atoms with van der Waals surface area (Å²) in [6.07, 6.45) is 2.78. The molecule has 3 N–H and O–H groups in total. The van der Waals surface area contributed by atoms with Crippen LogP contribution in [0.5, 0.6) is 5.75 Å². The smallest absolute Gasteiger partial charge is 0.134 e. The van der Waals surface area contributed by atoms with Crippen LogP contribution in [0.1, 0.15) is 27.2 Å². The van der Waals surface area contributed by atoms with Crippen molar-refractivity contribution in [2.45, 2.75) is 33.2 Å². The second-order valence-electron chi connectivity index (χ2n) is 6.65. The van der Waals surface area contributed by atoms with Crippen molar-refractivity contribution in [3.8, 4) is 5.75 Å². The van der Waals surface area contributed by atoms with Crippen LogP contribution in [0, 0.1) is 5.41 Å². The van der Waals surface area contributed by atoms with Crippen molar-refractivity contribution >= 4 is 16.6 Å². The Kier molecular flexibility index (Phi) is 4.68. The summed E-state index contributed by atoms with van der Waals surface area (Å²) in [6.45, 7) is 7.32. The predicted molar refractivity (Wildman–Crippen MR) is 88.8 cm³/mol. The number of nitrogens with one attached hydrogen (secondary N) is 1. The fourth-order valence-electron chi connectivity index (χ4n) is 2.50. The maximum atomic E-state index is 6.19. The highest BCUT2D eigenvalue weighted by Gasteiger charge is 2.15. The van der Waals surface area contributed by atoms with E-state index in [0.29, 0.717) is 6.54 Å². The van der Waals surface area contributed by atoms with E-state index in [9.17, 15) is 0 Å². The molecule has 2 aromatic rings. The Morgan fingerprint density at radius 2 is 2.05 bits per heavy atom. The van der Waals surface area contributed by atoms with Crippen LogP contribution in [-0.2, 0) is 0 Å². The van der Waals surface area contributed by atoms with Gasteiger partial charge in [0.25, 0.3) is 0 Å². The molecule has 0 aliphatic carbocycles. The molecule has 0 spiro atoms. The Morgan fingerprint density at radius 1 is 1.29 bits per heavy atom. The van der Waals surface area contributed by atoms with Crippen LogP contribution >= 0.6 is 0 Å². The van der Waals surface area contributed by atoms with E-state index < -0.39 is 0 Å². The zero-order valence-corrected chi connectivity index (χ0v) is 13.3. The van der Waals surface area contributed by atoms with Crippen LogP contribution in [0.4, 0.5) is 5.82 Å². The number of rotatable bonds is 5. The topological polar surface area (TPSA) is 60.2 Å². The maximum Gasteiger partial charge on any atom is 0.134 e. The first kappa shape index (κ1) is 15.6. The minimum absolute atomic E-state index is 0.104. The lowest BCUT2D eigenvalue weighted by Crippen LogP contribution is -2.33. The Morgan fingerprint density at radius 3 is 2.71 bits per heavy atom. The van der Waals surface area contributed by atoms with E-state index in [1.807, 2.05) is 30.5 Å². The van der Waals surface area contributed by atoms with Gasteiger partial charge in [0.05, 0.1) is 7.11 Å². The van der Waals surface area contributed by atoms with Gasteiger partial charge in [-0.1, -0.05) is 26.8 Å². The summed E-state index contributed by atoms with van der Waals surface area (Å²) >= 11 is 0. The summed E-state index contributed by atoms with van der Waals surface area (Å²) in [5.41, 5.74) is 6.43. The van der Waals surface area contributed by atoms with E-state index in [4.69, 9.17) is 10.5 Å². The third-order valence-electron chi connectivity index (χ3n) is 3.38. The molecule has 1 atom stereocenters. The van der Waals surface area contributed by atoms with Gasteiger partial charge in [0.15, 0.2) is 0 Å². The fraction of sp³-hybridized carbons (Fsp3) is 0.471. The third kappa shape index (κ3) is 4.33. The Labute approximate surface area is 126 Å². The number of aromatic nitrogens is 1. The summed E-state index contributed by atoms with van der Waals surface area (Å²) in [5.74, 6) is 1.69. The molecule has 0 radical (unpaired) electrons. The molecule has 0 aliphatic rings. The number of hydrogen-bond donors (Lipinski definition) is 2. The summed E-state index contributed by atoms with van der Waals surface area (Å²) in [6, 6.07) is 8.09. The molecule has 114 valence electrons. The molecule has 0 aliphatic heterocycles. The fourth-order valence-corrected chi connectivity index (χ4v) is 2.50. The van der Waals surface area contributed by atoms with Crippen molar-refractivity contribution in [3.05, 3.63) is 30.5 Å². The quantitative estimate of drug-likeness (QED) is 0.884. The number of nitrogens with zero attached hydrogens (tertiary/aromatic N) is 1. The SMILES string of the molecule is COc1ccc2ccnc(NCC(N)CC(C)(C)C)c2c1. The first-order valence-corrected chi connectivity index (χ1v) is 7.31. The average molecular weight is 287 g/mol. The van der Waals surface area contributed by atoms with Gasteiger partial charge in [0.1, 0.15) is 11.6 Å². The van der Waals surface area contributed by atoms with E-state index >= 15 is 0 Å². The van der Waals surface area contributed by atoms with Crippen molar-refractivity contribution < 1.29 is 4.74 Å². The number of hydrogen-bond acceptors (Lipinski definition) is 4. The lowest BCUT2D eigenvalue weighted by Gasteiger charge is -2.23. The summed E-state index contributed by atoms with van der Waals surface area (Å²) < 4.78 is 5.29. The number of benzene rings is 1. The van der Waals surface area contributed by atoms with Gasteiger partial charge < -0.3 is 15.8 Å². The first-order chi connectivity index (χ1) is 9.89. The highest BCUT2D eigenvalue weighted by atomic mass is 16.5. The second-order valence-corrected chi connectivity index (χ2v) is 6.65. The molecular formula is C17H25N3O. The van der Waals surface area contributed by atoms with E-state index in [2.05, 4.69) is 31.1 Å². The Bertz CT molecular complexity index is 604. The molecular weight excluding hydrogens is 262 g/mol. The summed E-state index contributed by atoms with van der Waals surface area (Å²) in [7, 11) is 1.67. The molecule has 0 saturated heterocycles. The lowest BCUT2D eigenvalue weighted by molar-refractivity contribution is 0.344. The summed E-state index contributed by atoms with van der Waals surface area (Å²) in [4.78, 5) is 4.43. The minimum Gasteiger partial charge on any atom is -0.497 e. The highest BCUT2D eigenvalue weighted by molar-refractivity contribution is 5.92. The molecule has 0 bridgehead atoms. The number of anilines is 1. The van der Waals surface area contributed by atoms with Gasteiger partial charge in [-0.05, 0) is 35.4 Å². The molecule has 0 saturated carbocycles. The molecule has 4 nitrogen and oxygen atoms in total. The maximum absolute atomic E-state index is 6.19. The van der Waals surface area contributed by atoms with Crippen LogP contribution in [0.2, 0.25) is 0 Å². The molecule has 2 rings (SSSR count). The van der Waals surface area contributed by atoms with Gasteiger partial charge >= 0.3 is 0 Å². The predicted octanol–water partition coefficient (Wildman–Crippen LogP) is 3.42. The van der Waals surface area contributed by atoms with E-state index in [0.717, 1.165) is 28.8 Å². The number of methoxy groups -OCH3 is 1. The van der Waals surface area contributed by atoms with Gasteiger partial charge in [-0.2, -0.15) is 0 Å². The standard InChI is InChI=1S/C17H25N3O/c1-17(2,3)10-13(18)11-20-16-15-9-14(21-4)6-5-12(15)7-8-19-16/h5-9,13H,10-11,18H2,1-4H3,(H,19,20). The van der Waals surface area contributed by atoms with Crippen molar-refractivity contribution in [2.24, 2.45) is 11.1 Å². The first-order valence-electron chi connectivity index (χ1n) is 7.31. The number of nitrogens with two attached hydrogens (primary N) is 1. The molecule has 0 amide bonds. The number of fused-ring (bicyclic) bond motifs is 1. The van der Waals surface area contributed by atoms with Crippen LogP contribution in [0.15, 0.2) is 30.5 Å². The average Bonchev–Trinajstić information content (AvgIpc) is 2.42. The van der Waals surface area contributed by atoms with Gasteiger partial charge in [-0.3, -0.25) is 0 Å². The molecule has 1 heterocycles. The third-order valence-corrected chi connectivity index (χ3v) is 3.38. The van der Waals surface area contributed by atoms with Crippen LogP contribution in [-0.4, -0.2) is 24.7 Å². The Balaban J connectivity index is 2.14. The highest BCUT2D eigenvalue weighted by Crippen LogP contribution is 2.26. The van der Waals surface area contributed by atoms with Gasteiger partial charge in [-0.25, -0.2) is 4.98 Å². The largest absolute Gasteiger partial charge is 0.497 e. The zero-order valence-electron chi connectivity index (χ0n) is 13.3. The van der Waals surface area contributed by atoms with Crippen LogP contribution in [0.3, 0.4) is 0 Å². The van der Waals surface area contributed by atoms with Crippen LogP contribution < -0.4 is 15.8 Å². The monoisotopic (exact) mass is 287 g/mol. The van der Waals surface area contributed by atoms with E-state index in [1.54, 1.807) is 7.11 Å². The molecule has 21 heavy (non-hydrogen) atoms. The van der Waals surface area contributed by atoms with Gasteiger partial charge in [0, 0.05) is 24.2 Å². The van der Waals surface area contributed by atoms with Crippen molar-refractivity contribution in [3.63, 3.8) is 0 Å². The Hall–Kier alpha value is -1.81. The number of ether oxygens (including phenoxy) is 1. The van der Waals surface area contributed by atoms with Gasteiger partial charge in [0.2, 0.25) is 0 Å². The van der Waals surface area contributed by atoms with Crippen molar-refractivity contribution in [1.82, 2.24) is 4.98 Å².